The van der Waals surface area contributed by atoms with Crippen LogP contribution in [0.2, 0.25) is 0 Å². The SMILES string of the molecule is C=C(NC)c1c(-c2ccc(F)cc2)oc2ccc(-c3cccc(C(=O)NC4(c5ccc(F)cc5)CC4)c3)cc12. The van der Waals surface area contributed by atoms with Gasteiger partial charge < -0.3 is 15.1 Å². The molecular formula is C33H26F2N2O2. The average Bonchev–Trinajstić information content (AvgIpc) is 3.64. The topological polar surface area (TPSA) is 54.3 Å². The fourth-order valence-corrected chi connectivity index (χ4v) is 5.02. The van der Waals surface area contributed by atoms with E-state index in [-0.39, 0.29) is 17.5 Å². The van der Waals surface area contributed by atoms with Crippen LogP contribution in [-0.2, 0) is 5.54 Å². The third-order valence-electron chi connectivity index (χ3n) is 7.36. The molecule has 1 fully saturated rings. The van der Waals surface area contributed by atoms with E-state index >= 15 is 0 Å². The number of carbonyl (C=O) groups is 1. The summed E-state index contributed by atoms with van der Waals surface area (Å²) in [5.74, 6) is -0.189. The van der Waals surface area contributed by atoms with Crippen molar-refractivity contribution in [2.45, 2.75) is 18.4 Å². The molecule has 0 spiro atoms. The summed E-state index contributed by atoms with van der Waals surface area (Å²) in [5.41, 5.74) is 5.68. The minimum Gasteiger partial charge on any atom is -0.455 e. The van der Waals surface area contributed by atoms with E-state index in [1.807, 2.05) is 36.4 Å². The van der Waals surface area contributed by atoms with E-state index in [9.17, 15) is 13.6 Å². The Bertz CT molecular complexity index is 1720. The maximum Gasteiger partial charge on any atom is 0.251 e. The highest BCUT2D eigenvalue weighted by Gasteiger charge is 2.45. The number of rotatable bonds is 7. The molecule has 0 atom stereocenters. The molecule has 0 saturated heterocycles. The van der Waals surface area contributed by atoms with E-state index in [4.69, 9.17) is 4.42 Å². The highest BCUT2D eigenvalue weighted by Crippen LogP contribution is 2.46. The van der Waals surface area contributed by atoms with Gasteiger partial charge in [0.1, 0.15) is 23.0 Å². The summed E-state index contributed by atoms with van der Waals surface area (Å²) in [7, 11) is 1.79. The van der Waals surface area contributed by atoms with Crippen LogP contribution in [-0.4, -0.2) is 13.0 Å². The van der Waals surface area contributed by atoms with E-state index in [0.29, 0.717) is 22.6 Å². The monoisotopic (exact) mass is 520 g/mol. The Morgan fingerprint density at radius 3 is 2.15 bits per heavy atom. The van der Waals surface area contributed by atoms with Gasteiger partial charge in [0.05, 0.1) is 11.1 Å². The molecule has 0 aliphatic heterocycles. The van der Waals surface area contributed by atoms with Crippen molar-refractivity contribution < 1.29 is 18.0 Å². The van der Waals surface area contributed by atoms with Crippen LogP contribution in [0.4, 0.5) is 8.78 Å². The number of nitrogens with one attached hydrogen (secondary N) is 2. The lowest BCUT2D eigenvalue weighted by atomic mass is 9.98. The Kier molecular flexibility index (Phi) is 6.03. The lowest BCUT2D eigenvalue weighted by Gasteiger charge is -2.18. The Morgan fingerprint density at radius 1 is 0.846 bits per heavy atom. The van der Waals surface area contributed by atoms with Gasteiger partial charge in [-0.25, -0.2) is 8.78 Å². The largest absolute Gasteiger partial charge is 0.455 e. The van der Waals surface area contributed by atoms with Crippen molar-refractivity contribution in [2.24, 2.45) is 0 Å². The molecule has 2 N–H and O–H groups in total. The first-order chi connectivity index (χ1) is 18.9. The zero-order valence-corrected chi connectivity index (χ0v) is 21.4. The van der Waals surface area contributed by atoms with Crippen LogP contribution in [0.5, 0.6) is 0 Å². The smallest absolute Gasteiger partial charge is 0.251 e. The van der Waals surface area contributed by atoms with Crippen molar-refractivity contribution in [3.05, 3.63) is 126 Å². The number of hydrogen-bond acceptors (Lipinski definition) is 3. The first-order valence-corrected chi connectivity index (χ1v) is 12.8. The van der Waals surface area contributed by atoms with Gasteiger partial charge in [-0.3, -0.25) is 4.79 Å². The highest BCUT2D eigenvalue weighted by atomic mass is 19.1. The van der Waals surface area contributed by atoms with Gasteiger partial charge >= 0.3 is 0 Å². The molecule has 6 heteroatoms. The fourth-order valence-electron chi connectivity index (χ4n) is 5.02. The quantitative estimate of drug-likeness (QED) is 0.232. The number of hydrogen-bond donors (Lipinski definition) is 2. The molecule has 0 unspecified atom stereocenters. The van der Waals surface area contributed by atoms with Crippen LogP contribution in [0.1, 0.15) is 34.3 Å². The zero-order valence-electron chi connectivity index (χ0n) is 21.4. The Labute approximate surface area is 225 Å². The number of halogens is 2. The molecule has 1 saturated carbocycles. The minimum atomic E-state index is -0.449. The molecule has 1 aromatic heterocycles. The molecule has 39 heavy (non-hydrogen) atoms. The van der Waals surface area contributed by atoms with Crippen molar-refractivity contribution in [3.8, 4) is 22.5 Å². The van der Waals surface area contributed by atoms with E-state index < -0.39 is 5.54 Å². The molecule has 0 radical (unpaired) electrons. The Balaban J connectivity index is 1.34. The number of carbonyl (C=O) groups excluding carboxylic acids is 1. The van der Waals surface area contributed by atoms with Crippen LogP contribution in [0.3, 0.4) is 0 Å². The standard InChI is InChI=1S/C33H26F2N2O2/c1-20(36-2)30-28-19-23(8-15-29(28)39-31(30)21-6-11-26(34)12-7-21)22-4-3-5-24(18-22)32(38)37-33(16-17-33)25-9-13-27(35)14-10-25/h3-15,18-19,36H,1,16-17H2,2H3,(H,37,38). The van der Waals surface area contributed by atoms with Gasteiger partial charge in [0, 0.05) is 29.3 Å². The Hall–Kier alpha value is -4.71. The predicted molar refractivity (Wildman–Crippen MR) is 150 cm³/mol. The molecule has 194 valence electrons. The average molecular weight is 521 g/mol. The molecule has 5 aromatic rings. The summed E-state index contributed by atoms with van der Waals surface area (Å²) in [6.45, 7) is 4.16. The van der Waals surface area contributed by atoms with Crippen LogP contribution in [0, 0.1) is 11.6 Å². The van der Waals surface area contributed by atoms with Crippen molar-refractivity contribution in [1.82, 2.24) is 10.6 Å². The summed E-state index contributed by atoms with van der Waals surface area (Å²) in [6, 6.07) is 25.8. The summed E-state index contributed by atoms with van der Waals surface area (Å²) < 4.78 is 33.2. The zero-order chi connectivity index (χ0) is 27.1. The Morgan fingerprint density at radius 2 is 1.49 bits per heavy atom. The summed E-state index contributed by atoms with van der Waals surface area (Å²) in [4.78, 5) is 13.3. The summed E-state index contributed by atoms with van der Waals surface area (Å²) in [6.07, 6.45) is 1.63. The molecule has 1 amide bonds. The second-order valence-corrected chi connectivity index (χ2v) is 9.88. The second kappa shape index (κ2) is 9.55. The van der Waals surface area contributed by atoms with Crippen molar-refractivity contribution in [3.63, 3.8) is 0 Å². The normalized spacial score (nSPS) is 13.7. The van der Waals surface area contributed by atoms with E-state index in [2.05, 4.69) is 17.2 Å². The maximum absolute atomic E-state index is 13.6. The number of benzene rings is 4. The second-order valence-electron chi connectivity index (χ2n) is 9.88. The van der Waals surface area contributed by atoms with Gasteiger partial charge in [0.15, 0.2) is 0 Å². The van der Waals surface area contributed by atoms with Gasteiger partial charge in [-0.2, -0.15) is 0 Å². The van der Waals surface area contributed by atoms with Gasteiger partial charge in [-0.1, -0.05) is 36.9 Å². The molecule has 0 bridgehead atoms. The molecule has 4 aromatic carbocycles. The van der Waals surface area contributed by atoms with Gasteiger partial charge in [0.2, 0.25) is 0 Å². The van der Waals surface area contributed by atoms with E-state index in [1.54, 1.807) is 37.4 Å². The molecule has 1 aliphatic carbocycles. The predicted octanol–water partition coefficient (Wildman–Crippen LogP) is 7.65. The number of furan rings is 1. The molecule has 6 rings (SSSR count). The number of amides is 1. The third kappa shape index (κ3) is 4.59. The molecule has 1 heterocycles. The summed E-state index contributed by atoms with van der Waals surface area (Å²) >= 11 is 0. The van der Waals surface area contributed by atoms with Crippen molar-refractivity contribution in [2.75, 3.05) is 7.05 Å². The van der Waals surface area contributed by atoms with Gasteiger partial charge in [-0.05, 0) is 90.2 Å². The molecule has 4 nitrogen and oxygen atoms in total. The van der Waals surface area contributed by atoms with Crippen LogP contribution < -0.4 is 10.6 Å². The lowest BCUT2D eigenvalue weighted by molar-refractivity contribution is 0.0931. The number of fused-ring (bicyclic) bond motifs is 1. The van der Waals surface area contributed by atoms with Crippen molar-refractivity contribution >= 4 is 22.6 Å². The minimum absolute atomic E-state index is 0.175. The first kappa shape index (κ1) is 24.6. The first-order valence-electron chi connectivity index (χ1n) is 12.8. The van der Waals surface area contributed by atoms with Crippen molar-refractivity contribution in [1.29, 1.82) is 0 Å². The van der Waals surface area contributed by atoms with Gasteiger partial charge in [0.25, 0.3) is 5.91 Å². The van der Waals surface area contributed by atoms with Gasteiger partial charge in [-0.15, -0.1) is 0 Å². The maximum atomic E-state index is 13.6. The third-order valence-corrected chi connectivity index (χ3v) is 7.36. The van der Waals surface area contributed by atoms with E-state index in [0.717, 1.165) is 46.0 Å². The lowest BCUT2D eigenvalue weighted by Crippen LogP contribution is -2.34. The van der Waals surface area contributed by atoms with Crippen LogP contribution >= 0.6 is 0 Å². The fraction of sp³-hybridized carbons (Fsp3) is 0.121. The van der Waals surface area contributed by atoms with Crippen LogP contribution in [0.15, 0.2) is 102 Å². The van der Waals surface area contributed by atoms with E-state index in [1.165, 1.54) is 24.3 Å². The molecule has 1 aliphatic rings. The summed E-state index contributed by atoms with van der Waals surface area (Å²) in [5, 5.41) is 7.12. The van der Waals surface area contributed by atoms with Crippen LogP contribution in [0.25, 0.3) is 39.1 Å². The molecular weight excluding hydrogens is 494 g/mol. The highest BCUT2D eigenvalue weighted by molar-refractivity contribution is 6.00.